The summed E-state index contributed by atoms with van der Waals surface area (Å²) in [7, 11) is 1.49. The topological polar surface area (TPSA) is 84.6 Å². The summed E-state index contributed by atoms with van der Waals surface area (Å²) in [6.07, 6.45) is 3.59. The SMILES string of the molecule is COc1cc(/C=C/c2nc3cc(-c4ccccc4)ccc3o2)ccc1OCC(=O)[O-]. The van der Waals surface area contributed by atoms with Crippen LogP contribution < -0.4 is 14.6 Å². The number of oxazole rings is 1. The van der Waals surface area contributed by atoms with E-state index in [0.717, 1.165) is 22.2 Å². The van der Waals surface area contributed by atoms with E-state index in [0.29, 0.717) is 23.0 Å². The van der Waals surface area contributed by atoms with E-state index < -0.39 is 12.6 Å². The van der Waals surface area contributed by atoms with Crippen molar-refractivity contribution in [2.75, 3.05) is 13.7 Å². The molecular weight excluding hydrogens is 382 g/mol. The summed E-state index contributed by atoms with van der Waals surface area (Å²) in [5.74, 6) is -0.0727. The van der Waals surface area contributed by atoms with Crippen LogP contribution in [0.4, 0.5) is 0 Å². The van der Waals surface area contributed by atoms with Gasteiger partial charge in [0, 0.05) is 6.08 Å². The second-order valence-electron chi connectivity index (χ2n) is 6.50. The van der Waals surface area contributed by atoms with Gasteiger partial charge in [0.2, 0.25) is 5.89 Å². The average molecular weight is 400 g/mol. The molecule has 6 nitrogen and oxygen atoms in total. The number of aromatic nitrogens is 1. The van der Waals surface area contributed by atoms with E-state index in [2.05, 4.69) is 17.1 Å². The largest absolute Gasteiger partial charge is 0.546 e. The zero-order valence-corrected chi connectivity index (χ0v) is 16.2. The lowest BCUT2D eigenvalue weighted by Gasteiger charge is -2.11. The minimum atomic E-state index is -1.30. The quantitative estimate of drug-likeness (QED) is 0.469. The lowest BCUT2D eigenvalue weighted by atomic mass is 10.1. The maximum atomic E-state index is 10.6. The predicted molar refractivity (Wildman–Crippen MR) is 112 cm³/mol. The van der Waals surface area contributed by atoms with Gasteiger partial charge in [-0.3, -0.25) is 0 Å². The van der Waals surface area contributed by atoms with Crippen molar-refractivity contribution in [2.24, 2.45) is 0 Å². The van der Waals surface area contributed by atoms with Crippen molar-refractivity contribution in [3.8, 4) is 22.6 Å². The van der Waals surface area contributed by atoms with Crippen LogP contribution in [0.1, 0.15) is 11.5 Å². The van der Waals surface area contributed by atoms with E-state index in [1.807, 2.05) is 42.5 Å². The Bertz CT molecular complexity index is 1210. The van der Waals surface area contributed by atoms with Crippen molar-refractivity contribution < 1.29 is 23.8 Å². The molecule has 0 amide bonds. The summed E-state index contributed by atoms with van der Waals surface area (Å²) in [4.78, 5) is 15.1. The maximum Gasteiger partial charge on any atom is 0.220 e. The minimum absolute atomic E-state index is 0.328. The highest BCUT2D eigenvalue weighted by Crippen LogP contribution is 2.29. The number of carboxylic acids is 1. The Balaban J connectivity index is 1.55. The molecule has 0 unspecified atom stereocenters. The van der Waals surface area contributed by atoms with Crippen molar-refractivity contribution in [3.63, 3.8) is 0 Å². The number of benzene rings is 3. The molecular formula is C24H18NO5-. The van der Waals surface area contributed by atoms with Crippen LogP contribution in [0.5, 0.6) is 11.5 Å². The minimum Gasteiger partial charge on any atom is -0.546 e. The third-order valence-corrected chi connectivity index (χ3v) is 4.46. The molecule has 0 N–H and O–H groups in total. The molecule has 1 heterocycles. The molecule has 6 heteroatoms. The van der Waals surface area contributed by atoms with Crippen molar-refractivity contribution in [2.45, 2.75) is 0 Å². The number of carbonyl (C=O) groups is 1. The van der Waals surface area contributed by atoms with E-state index in [9.17, 15) is 9.90 Å². The van der Waals surface area contributed by atoms with E-state index in [1.54, 1.807) is 24.3 Å². The molecule has 4 rings (SSSR count). The second-order valence-corrected chi connectivity index (χ2v) is 6.50. The van der Waals surface area contributed by atoms with Crippen LogP contribution in [-0.4, -0.2) is 24.7 Å². The predicted octanol–water partition coefficient (Wildman–Crippen LogP) is 3.80. The molecule has 0 atom stereocenters. The smallest absolute Gasteiger partial charge is 0.220 e. The highest BCUT2D eigenvalue weighted by atomic mass is 16.5. The third kappa shape index (κ3) is 4.33. The third-order valence-electron chi connectivity index (χ3n) is 4.46. The number of ether oxygens (including phenoxy) is 2. The van der Waals surface area contributed by atoms with E-state index in [-0.39, 0.29) is 0 Å². The van der Waals surface area contributed by atoms with Crippen molar-refractivity contribution >= 4 is 29.2 Å². The van der Waals surface area contributed by atoms with Gasteiger partial charge in [0.25, 0.3) is 0 Å². The molecule has 150 valence electrons. The number of fused-ring (bicyclic) bond motifs is 1. The fraction of sp³-hybridized carbons (Fsp3) is 0.0833. The van der Waals surface area contributed by atoms with Crippen LogP contribution in [0, 0.1) is 0 Å². The van der Waals surface area contributed by atoms with Crippen LogP contribution in [-0.2, 0) is 4.79 Å². The Morgan fingerprint density at radius 3 is 2.60 bits per heavy atom. The summed E-state index contributed by atoms with van der Waals surface area (Å²) in [6.45, 7) is -0.542. The average Bonchev–Trinajstić information content (AvgIpc) is 3.19. The Kier molecular flexibility index (Phi) is 5.48. The Morgan fingerprint density at radius 1 is 1.00 bits per heavy atom. The van der Waals surface area contributed by atoms with Gasteiger partial charge in [-0.2, -0.15) is 0 Å². The molecule has 0 fully saturated rings. The molecule has 0 aliphatic rings. The summed E-state index contributed by atoms with van der Waals surface area (Å²) >= 11 is 0. The molecule has 0 saturated carbocycles. The van der Waals surface area contributed by atoms with E-state index in [1.165, 1.54) is 7.11 Å². The fourth-order valence-corrected chi connectivity index (χ4v) is 3.04. The van der Waals surface area contributed by atoms with Crippen molar-refractivity contribution in [1.29, 1.82) is 0 Å². The highest BCUT2D eigenvalue weighted by Gasteiger charge is 2.07. The number of nitrogens with zero attached hydrogens (tertiary/aromatic N) is 1. The zero-order valence-electron chi connectivity index (χ0n) is 16.2. The molecule has 0 aliphatic heterocycles. The lowest BCUT2D eigenvalue weighted by molar-refractivity contribution is -0.307. The fourth-order valence-electron chi connectivity index (χ4n) is 3.04. The first-order valence-electron chi connectivity index (χ1n) is 9.27. The number of hydrogen-bond donors (Lipinski definition) is 0. The number of carbonyl (C=O) groups excluding carboxylic acids is 1. The number of carboxylic acid groups (broad SMARTS) is 1. The van der Waals surface area contributed by atoms with Gasteiger partial charge < -0.3 is 23.8 Å². The molecule has 0 radical (unpaired) electrons. The standard InChI is InChI=1S/C24H19NO5/c1-28-22-13-16(7-10-21(22)29-15-24(26)27)8-12-23-25-19-14-18(9-11-20(19)30-23)17-5-3-2-4-6-17/h2-14H,15H2,1H3,(H,26,27)/p-1/b12-8+. The Hall–Kier alpha value is -4.06. The first-order chi connectivity index (χ1) is 14.6. The van der Waals surface area contributed by atoms with E-state index >= 15 is 0 Å². The first kappa shape index (κ1) is 19.3. The van der Waals surface area contributed by atoms with Crippen molar-refractivity contribution in [3.05, 3.63) is 78.2 Å². The number of rotatable bonds is 7. The first-order valence-corrected chi connectivity index (χ1v) is 9.27. The summed E-state index contributed by atoms with van der Waals surface area (Å²) in [5.41, 5.74) is 4.49. The van der Waals surface area contributed by atoms with Crippen LogP contribution in [0.15, 0.2) is 71.1 Å². The molecule has 1 aromatic heterocycles. The Labute approximate surface area is 173 Å². The maximum absolute atomic E-state index is 10.6. The lowest BCUT2D eigenvalue weighted by Crippen LogP contribution is -2.29. The zero-order chi connectivity index (χ0) is 20.9. The summed E-state index contributed by atoms with van der Waals surface area (Å²) in [6, 6.07) is 21.2. The Morgan fingerprint density at radius 2 is 1.83 bits per heavy atom. The van der Waals surface area contributed by atoms with Gasteiger partial charge in [-0.25, -0.2) is 4.98 Å². The van der Waals surface area contributed by atoms with E-state index in [4.69, 9.17) is 13.9 Å². The van der Waals surface area contributed by atoms with Gasteiger partial charge in [0.1, 0.15) is 12.1 Å². The molecule has 4 aromatic rings. The van der Waals surface area contributed by atoms with Crippen LogP contribution in [0.2, 0.25) is 0 Å². The number of hydrogen-bond acceptors (Lipinski definition) is 6. The van der Waals surface area contributed by atoms with Gasteiger partial charge >= 0.3 is 0 Å². The number of methoxy groups -OCH3 is 1. The molecule has 0 spiro atoms. The van der Waals surface area contributed by atoms with Gasteiger partial charge in [0.15, 0.2) is 17.1 Å². The summed E-state index contributed by atoms with van der Waals surface area (Å²) in [5, 5.41) is 10.6. The normalized spacial score (nSPS) is 11.1. The molecule has 30 heavy (non-hydrogen) atoms. The van der Waals surface area contributed by atoms with Gasteiger partial charge in [-0.15, -0.1) is 0 Å². The van der Waals surface area contributed by atoms with Gasteiger partial charge in [-0.05, 0) is 47.0 Å². The molecule has 0 bridgehead atoms. The summed E-state index contributed by atoms with van der Waals surface area (Å²) < 4.78 is 16.2. The van der Waals surface area contributed by atoms with Crippen molar-refractivity contribution in [1.82, 2.24) is 4.98 Å². The number of aliphatic carboxylic acids is 1. The van der Waals surface area contributed by atoms with Gasteiger partial charge in [-0.1, -0.05) is 42.5 Å². The molecule has 0 saturated heterocycles. The van der Waals surface area contributed by atoms with Crippen LogP contribution in [0.3, 0.4) is 0 Å². The second kappa shape index (κ2) is 8.53. The molecule has 3 aromatic carbocycles. The van der Waals surface area contributed by atoms with Crippen LogP contribution in [0.25, 0.3) is 34.4 Å². The monoisotopic (exact) mass is 400 g/mol. The van der Waals surface area contributed by atoms with Crippen LogP contribution >= 0.6 is 0 Å². The van der Waals surface area contributed by atoms with Gasteiger partial charge in [0.05, 0.1) is 13.1 Å². The molecule has 0 aliphatic carbocycles. The highest BCUT2D eigenvalue weighted by molar-refractivity contribution is 5.82.